The first-order chi connectivity index (χ1) is 14.3. The minimum absolute atomic E-state index is 0.00884. The van der Waals surface area contributed by atoms with E-state index in [2.05, 4.69) is 10.4 Å². The molecule has 1 atom stereocenters. The number of nitrogens with one attached hydrogen (secondary N) is 2. The van der Waals surface area contributed by atoms with Gasteiger partial charge in [0.05, 0.1) is 34.4 Å². The van der Waals surface area contributed by atoms with Gasteiger partial charge in [0.15, 0.2) is 0 Å². The average molecular weight is 429 g/mol. The van der Waals surface area contributed by atoms with Gasteiger partial charge >= 0.3 is 0 Å². The van der Waals surface area contributed by atoms with Crippen LogP contribution in [0.25, 0.3) is 5.69 Å². The van der Waals surface area contributed by atoms with Crippen molar-refractivity contribution in [3.63, 3.8) is 0 Å². The second-order valence-corrected chi connectivity index (χ2v) is 7.50. The SMILES string of the molecule is CC(=O)Nc1cccc(N2C(=O)Cc3[nH]n(-c4ccc(F)cc4Cl)c(=O)c3C2C)c1. The Bertz CT molecular complexity index is 1230. The number of benzene rings is 2. The zero-order valence-electron chi connectivity index (χ0n) is 16.2. The van der Waals surface area contributed by atoms with Crippen molar-refractivity contribution in [3.8, 4) is 5.69 Å². The first kappa shape index (κ1) is 19.9. The Morgan fingerprint density at radius 2 is 2.00 bits per heavy atom. The van der Waals surface area contributed by atoms with E-state index in [0.717, 1.165) is 6.07 Å². The molecule has 4 rings (SSSR count). The molecule has 1 aromatic heterocycles. The highest BCUT2D eigenvalue weighted by atomic mass is 35.5. The number of hydrogen-bond donors (Lipinski definition) is 2. The molecule has 30 heavy (non-hydrogen) atoms. The third-order valence-corrected chi connectivity index (χ3v) is 5.31. The first-order valence-corrected chi connectivity index (χ1v) is 9.63. The van der Waals surface area contributed by atoms with Crippen LogP contribution in [0.15, 0.2) is 47.3 Å². The number of rotatable bonds is 3. The van der Waals surface area contributed by atoms with Gasteiger partial charge in [0.1, 0.15) is 5.82 Å². The molecule has 2 heterocycles. The molecule has 2 aromatic carbocycles. The fraction of sp³-hybridized carbons (Fsp3) is 0.190. The Morgan fingerprint density at radius 1 is 1.23 bits per heavy atom. The van der Waals surface area contributed by atoms with Crippen LogP contribution in [0.2, 0.25) is 5.02 Å². The molecule has 3 aromatic rings. The molecule has 0 spiro atoms. The molecular weight excluding hydrogens is 411 g/mol. The zero-order valence-corrected chi connectivity index (χ0v) is 17.0. The zero-order chi connectivity index (χ0) is 21.6. The standard InChI is InChI=1S/C21H18ClFN4O3/c1-11-20-17(25-27(21(20)30)18-7-6-13(23)8-16(18)22)10-19(29)26(11)15-5-3-4-14(9-15)24-12(2)28/h3-9,11,25H,10H2,1-2H3,(H,24,28). The third-order valence-electron chi connectivity index (χ3n) is 5.00. The summed E-state index contributed by atoms with van der Waals surface area (Å²) >= 11 is 6.12. The lowest BCUT2D eigenvalue weighted by Gasteiger charge is -2.32. The second-order valence-electron chi connectivity index (χ2n) is 7.09. The minimum atomic E-state index is -0.557. The summed E-state index contributed by atoms with van der Waals surface area (Å²) in [6, 6.07) is 10.1. The highest BCUT2D eigenvalue weighted by Gasteiger charge is 2.35. The number of carbonyl (C=O) groups excluding carboxylic acids is 2. The number of nitrogens with zero attached hydrogens (tertiary/aromatic N) is 2. The van der Waals surface area contributed by atoms with Gasteiger partial charge in [0.25, 0.3) is 5.56 Å². The average Bonchev–Trinajstić information content (AvgIpc) is 2.97. The number of carbonyl (C=O) groups is 2. The van der Waals surface area contributed by atoms with Crippen molar-refractivity contribution in [1.82, 2.24) is 9.78 Å². The van der Waals surface area contributed by atoms with Crippen LogP contribution in [-0.2, 0) is 16.0 Å². The van der Waals surface area contributed by atoms with E-state index in [1.807, 2.05) is 0 Å². The smallest absolute Gasteiger partial charge is 0.276 e. The molecule has 2 amide bonds. The van der Waals surface area contributed by atoms with Crippen molar-refractivity contribution in [1.29, 1.82) is 0 Å². The molecule has 2 N–H and O–H groups in total. The maximum absolute atomic E-state index is 13.4. The maximum atomic E-state index is 13.4. The molecule has 1 aliphatic rings. The molecule has 9 heteroatoms. The van der Waals surface area contributed by atoms with E-state index in [4.69, 9.17) is 11.6 Å². The summed E-state index contributed by atoms with van der Waals surface area (Å²) in [5.41, 5.74) is 1.98. The van der Waals surface area contributed by atoms with Crippen molar-refractivity contribution in [2.24, 2.45) is 0 Å². The fourth-order valence-corrected chi connectivity index (χ4v) is 4.03. The van der Waals surface area contributed by atoms with Crippen LogP contribution in [0.1, 0.15) is 31.1 Å². The highest BCUT2D eigenvalue weighted by molar-refractivity contribution is 6.32. The maximum Gasteiger partial charge on any atom is 0.276 e. The molecule has 1 aliphatic heterocycles. The number of aromatic nitrogens is 2. The Labute approximate surface area is 176 Å². The van der Waals surface area contributed by atoms with Crippen molar-refractivity contribution < 1.29 is 14.0 Å². The van der Waals surface area contributed by atoms with Gasteiger partial charge in [-0.25, -0.2) is 9.07 Å². The summed E-state index contributed by atoms with van der Waals surface area (Å²) in [5.74, 6) is -0.937. The number of amides is 2. The van der Waals surface area contributed by atoms with E-state index in [-0.39, 0.29) is 28.8 Å². The van der Waals surface area contributed by atoms with E-state index in [1.165, 1.54) is 28.6 Å². The first-order valence-electron chi connectivity index (χ1n) is 9.25. The summed E-state index contributed by atoms with van der Waals surface area (Å²) in [5, 5.41) is 5.71. The third kappa shape index (κ3) is 3.39. The second kappa shape index (κ2) is 7.46. The van der Waals surface area contributed by atoms with Crippen LogP contribution in [0.4, 0.5) is 15.8 Å². The summed E-state index contributed by atoms with van der Waals surface area (Å²) < 4.78 is 14.6. The summed E-state index contributed by atoms with van der Waals surface area (Å²) in [6.07, 6.45) is -0.00884. The molecule has 7 nitrogen and oxygen atoms in total. The summed E-state index contributed by atoms with van der Waals surface area (Å²) in [6.45, 7) is 3.16. The van der Waals surface area contributed by atoms with E-state index in [1.54, 1.807) is 31.2 Å². The van der Waals surface area contributed by atoms with Crippen LogP contribution >= 0.6 is 11.6 Å². The number of fused-ring (bicyclic) bond motifs is 1. The lowest BCUT2D eigenvalue weighted by molar-refractivity contribution is -0.119. The van der Waals surface area contributed by atoms with Crippen LogP contribution in [0.3, 0.4) is 0 Å². The lowest BCUT2D eigenvalue weighted by atomic mass is 9.99. The fourth-order valence-electron chi connectivity index (χ4n) is 3.78. The molecular formula is C21H18ClFN4O3. The highest BCUT2D eigenvalue weighted by Crippen LogP contribution is 2.34. The van der Waals surface area contributed by atoms with Crippen LogP contribution < -0.4 is 15.8 Å². The summed E-state index contributed by atoms with van der Waals surface area (Å²) in [7, 11) is 0. The minimum Gasteiger partial charge on any atom is -0.326 e. The molecule has 0 aliphatic carbocycles. The van der Waals surface area contributed by atoms with Crippen LogP contribution in [-0.4, -0.2) is 21.6 Å². The number of hydrogen-bond acceptors (Lipinski definition) is 3. The predicted octanol–water partition coefficient (Wildman–Crippen LogP) is 3.57. The lowest BCUT2D eigenvalue weighted by Crippen LogP contribution is -2.41. The Morgan fingerprint density at radius 3 is 2.70 bits per heavy atom. The monoisotopic (exact) mass is 428 g/mol. The number of anilines is 2. The van der Waals surface area contributed by atoms with Crippen molar-refractivity contribution in [2.45, 2.75) is 26.3 Å². The Kier molecular flexibility index (Phi) is 4.95. The van der Waals surface area contributed by atoms with E-state index >= 15 is 0 Å². The number of H-pyrrole nitrogens is 1. The predicted molar refractivity (Wildman–Crippen MR) is 112 cm³/mol. The van der Waals surface area contributed by atoms with E-state index in [0.29, 0.717) is 28.3 Å². The molecule has 0 fully saturated rings. The van der Waals surface area contributed by atoms with Crippen molar-refractivity contribution >= 4 is 34.8 Å². The molecule has 0 saturated heterocycles. The molecule has 0 radical (unpaired) electrons. The quantitative estimate of drug-likeness (QED) is 0.668. The largest absolute Gasteiger partial charge is 0.326 e. The van der Waals surface area contributed by atoms with Gasteiger partial charge in [-0.1, -0.05) is 17.7 Å². The molecule has 1 unspecified atom stereocenters. The van der Waals surface area contributed by atoms with Gasteiger partial charge in [-0.2, -0.15) is 0 Å². The van der Waals surface area contributed by atoms with Gasteiger partial charge in [0.2, 0.25) is 11.8 Å². The normalized spacial score (nSPS) is 15.8. The molecule has 0 saturated carbocycles. The van der Waals surface area contributed by atoms with E-state index < -0.39 is 11.9 Å². The molecule has 0 bridgehead atoms. The number of aromatic amines is 1. The van der Waals surface area contributed by atoms with Crippen molar-refractivity contribution in [3.05, 3.63) is 74.9 Å². The molecule has 154 valence electrons. The number of halogens is 2. The van der Waals surface area contributed by atoms with Gasteiger partial charge in [0, 0.05) is 18.3 Å². The Balaban J connectivity index is 1.77. The Hall–Kier alpha value is -3.39. The van der Waals surface area contributed by atoms with Crippen LogP contribution in [0.5, 0.6) is 0 Å². The van der Waals surface area contributed by atoms with Gasteiger partial charge in [-0.15, -0.1) is 0 Å². The van der Waals surface area contributed by atoms with Gasteiger partial charge < -0.3 is 10.2 Å². The van der Waals surface area contributed by atoms with Gasteiger partial charge in [-0.3, -0.25) is 19.5 Å². The van der Waals surface area contributed by atoms with Crippen LogP contribution in [0, 0.1) is 5.82 Å². The van der Waals surface area contributed by atoms with Gasteiger partial charge in [-0.05, 0) is 43.3 Å². The van der Waals surface area contributed by atoms with E-state index in [9.17, 15) is 18.8 Å². The summed E-state index contributed by atoms with van der Waals surface area (Å²) in [4.78, 5) is 38.9. The van der Waals surface area contributed by atoms with Crippen molar-refractivity contribution in [2.75, 3.05) is 10.2 Å². The topological polar surface area (TPSA) is 87.2 Å².